The van der Waals surface area contributed by atoms with E-state index in [1.54, 1.807) is 68.6 Å². The lowest BCUT2D eigenvalue weighted by molar-refractivity contribution is -0.149. The zero-order valence-electron chi connectivity index (χ0n) is 89.9. The standard InChI is InChI=1S/C64H104N4O19S2.C42H69N7O8/c1-5-53-11-14-56(15-12-53)66-64(72)55(49-57(69)17-21-75-26-25-74-20-8-10-62(70)54-13-16-58-59(50-54)68-61(52-89-4)60(67-58)51-88-3)9-6-7-19-65-63(71)18-22-76-27-28-78-31-32-80-35-36-82-39-40-84-43-44-86-47-48-87-46-45-85-42-41-83-38-37-81-34-33-79-30-29-77-24-23-73-2;1-13-28(6)38(47(8)41(53)32(26(2)3)23-34(50)37(27(4)5)48(9)42(54)57-12)35(55-10)24-36(51)49-21-17-20-33(49)39(56-11)29(7)40(52)45-31(25-44-46-43)22-30-18-15-14-16-19-30/h11-16,50,55H,5-10,17-49,51-52H2,1-4H3,(H,65,71)(H,66,72);14-16,18-19,26-29,31-33,35,37-39H,13,17,20-25H2,1-12H3,(H,45,52)/t55-;28-,29+,31-,32-,33-,35+,37-,38-,39+/m10/s1. The molecule has 0 spiro atoms. The molecule has 40 heteroatoms. The number of unbranched alkanes of at least 4 members (excludes halogenated alkanes) is 1. The Morgan fingerprint density at radius 3 is 1.52 bits per heavy atom. The molecule has 0 bridgehead atoms. The summed E-state index contributed by atoms with van der Waals surface area (Å²) in [5.74, 6) is -2.00. The highest BCUT2D eigenvalue weighted by molar-refractivity contribution is 7.98. The maximum atomic E-state index is 14.4. The van der Waals surface area contributed by atoms with E-state index in [0.29, 0.717) is 254 Å². The molecule has 3 N–H and O–H groups in total. The van der Waals surface area contributed by atoms with Crippen LogP contribution < -0.4 is 16.0 Å². The highest BCUT2D eigenvalue weighted by Gasteiger charge is 2.44. The maximum absolute atomic E-state index is 14.4. The second kappa shape index (κ2) is 81.8. The van der Waals surface area contributed by atoms with Crippen LogP contribution in [0, 0.1) is 35.5 Å². The zero-order valence-corrected chi connectivity index (χ0v) is 91.6. The minimum absolute atomic E-state index is 0.00737. The van der Waals surface area contributed by atoms with Gasteiger partial charge in [0.05, 0.1) is 257 Å². The van der Waals surface area contributed by atoms with Gasteiger partial charge in [0.2, 0.25) is 29.5 Å². The first kappa shape index (κ1) is 130. The maximum Gasteiger partial charge on any atom is 0.409 e. The van der Waals surface area contributed by atoms with Gasteiger partial charge >= 0.3 is 6.09 Å². The Morgan fingerprint density at radius 1 is 0.541 bits per heavy atom. The summed E-state index contributed by atoms with van der Waals surface area (Å²) in [7, 11) is 9.23. The van der Waals surface area contributed by atoms with Gasteiger partial charge in [-0.3, -0.25) is 38.4 Å². The van der Waals surface area contributed by atoms with Crippen LogP contribution in [0.25, 0.3) is 21.5 Å². The number of hydrogen-bond acceptors (Lipinski definition) is 32. The Balaban J connectivity index is 0.000000670. The number of aromatic nitrogens is 2. The number of fused-ring (bicyclic) bond motifs is 1. The van der Waals surface area contributed by atoms with Crippen molar-refractivity contribution in [3.8, 4) is 0 Å². The van der Waals surface area contributed by atoms with Crippen LogP contribution >= 0.6 is 23.5 Å². The zero-order chi connectivity index (χ0) is 107. The third kappa shape index (κ3) is 54.6. The number of nitrogens with one attached hydrogen (secondary N) is 3. The Morgan fingerprint density at radius 2 is 1.05 bits per heavy atom. The number of anilines is 1. The minimum Gasteiger partial charge on any atom is -0.453 e. The average Bonchev–Trinajstić information content (AvgIpc) is 1.35. The lowest BCUT2D eigenvalue weighted by atomic mass is 9.83. The lowest BCUT2D eigenvalue weighted by Crippen LogP contribution is -2.55. The van der Waals surface area contributed by atoms with Crippen molar-refractivity contribution in [1.82, 2.24) is 35.3 Å². The van der Waals surface area contributed by atoms with Crippen molar-refractivity contribution in [2.75, 3.05) is 272 Å². The summed E-state index contributed by atoms with van der Waals surface area (Å²) < 4.78 is 99.2. The summed E-state index contributed by atoms with van der Waals surface area (Å²) in [6.07, 6.45) is 8.72. The van der Waals surface area contributed by atoms with Crippen molar-refractivity contribution in [3.05, 3.63) is 111 Å². The second-order valence-corrected chi connectivity index (χ2v) is 38.0. The smallest absolute Gasteiger partial charge is 0.409 e. The van der Waals surface area contributed by atoms with Crippen LogP contribution in [-0.4, -0.2) is 380 Å². The first-order chi connectivity index (χ1) is 70.8. The number of thioether (sulfide) groups is 2. The van der Waals surface area contributed by atoms with Crippen LogP contribution in [0.1, 0.15) is 172 Å². The molecular weight excluding hydrogens is 1920 g/mol. The molecular formula is C106H173N11O27S2. The summed E-state index contributed by atoms with van der Waals surface area (Å²) >= 11 is 3.41. The number of likely N-dealkylation sites (tertiary alicyclic amines) is 1. The molecule has 0 unspecified atom stereocenters. The number of aryl methyl sites for hydroxylation is 1. The summed E-state index contributed by atoms with van der Waals surface area (Å²) in [5, 5.41) is 12.7. The predicted molar refractivity (Wildman–Crippen MR) is 563 cm³/mol. The van der Waals surface area contributed by atoms with Gasteiger partial charge < -0.3 is 116 Å². The average molecular weight is 2100 g/mol. The number of amides is 6. The first-order valence-corrected chi connectivity index (χ1v) is 54.4. The van der Waals surface area contributed by atoms with Crippen LogP contribution in [0.4, 0.5) is 10.5 Å². The molecule has 0 aliphatic carbocycles. The van der Waals surface area contributed by atoms with Gasteiger partial charge in [-0.25, -0.2) is 14.8 Å². The van der Waals surface area contributed by atoms with E-state index in [1.807, 2.05) is 127 Å². The Bertz CT molecular complexity index is 4270. The quantitative estimate of drug-likeness (QED) is 0.0121. The molecule has 1 aromatic heterocycles. The molecule has 0 radical (unpaired) electrons. The number of ketones is 3. The van der Waals surface area contributed by atoms with Gasteiger partial charge in [0.25, 0.3) is 0 Å². The normalized spacial score (nSPS) is 14.4. The molecule has 3 aromatic carbocycles. The highest BCUT2D eigenvalue weighted by atomic mass is 32.2. The van der Waals surface area contributed by atoms with Gasteiger partial charge in [-0.15, -0.1) is 0 Å². The number of methoxy groups -OCH3 is 4. The summed E-state index contributed by atoms with van der Waals surface area (Å²) in [4.78, 5) is 138. The molecule has 6 amide bonds. The predicted octanol–water partition coefficient (Wildman–Crippen LogP) is 12.9. The van der Waals surface area contributed by atoms with Gasteiger partial charge in [-0.2, -0.15) is 23.5 Å². The fourth-order valence-electron chi connectivity index (χ4n) is 16.6. The van der Waals surface area contributed by atoms with E-state index in [1.165, 1.54) is 19.1 Å². The van der Waals surface area contributed by atoms with E-state index in [-0.39, 0.29) is 123 Å². The Hall–Kier alpha value is -8.04. The fraction of sp³-hybridized carbons (Fsp3) is 0.726. The molecule has 4 aromatic rings. The van der Waals surface area contributed by atoms with Gasteiger partial charge in [0.1, 0.15) is 5.78 Å². The van der Waals surface area contributed by atoms with E-state index >= 15 is 0 Å². The summed E-state index contributed by atoms with van der Waals surface area (Å²) in [6, 6.07) is 20.8. The molecule has 1 aliphatic rings. The Labute approximate surface area is 875 Å². The van der Waals surface area contributed by atoms with Gasteiger partial charge in [0, 0.05) is 139 Å². The van der Waals surface area contributed by atoms with Crippen LogP contribution in [-0.2, 0) is 143 Å². The molecule has 1 fully saturated rings. The molecule has 10 atom stereocenters. The molecule has 38 nitrogen and oxygen atoms in total. The number of likely N-dealkylation sites (N-methyl/N-ethyl adjacent to an activating group) is 2. The lowest BCUT2D eigenvalue weighted by Gasteiger charge is -2.41. The molecule has 146 heavy (non-hydrogen) atoms. The number of hydrogen-bond donors (Lipinski definition) is 3. The number of azide groups is 1. The van der Waals surface area contributed by atoms with Crippen molar-refractivity contribution < 1.29 is 128 Å². The van der Waals surface area contributed by atoms with Gasteiger partial charge in [-0.05, 0) is 122 Å². The van der Waals surface area contributed by atoms with Crippen molar-refractivity contribution >= 4 is 93.2 Å². The topological polar surface area (TPSA) is 440 Å². The first-order valence-electron chi connectivity index (χ1n) is 51.6. The SMILES string of the molecule is CC[C@H](C)[C@@H]([C@@H](CC(=O)N1CCC[C@H]1[C@H](OC)[C@@H](C)C(=O)N[C@H](CN=[N+]=[N-])Cc1ccccc1)OC)N(C)C(=O)[C@@H](CC(=O)[C@H](C(C)C)N(C)C(=O)OC)C(C)C.CCc1ccc(NC(=O)[C@H](CCCCNC(=O)CCOCCOCCOCCOCCOCCOCCOCCOCCOCCOCCOCCOCCOC)CC(=O)CCOCCOCCCC(=O)c2ccc3nc(CSC)c(CSC)nc3c2)cc1. The van der Waals surface area contributed by atoms with Crippen molar-refractivity contribution in [3.63, 3.8) is 0 Å². The third-order valence-corrected chi connectivity index (χ3v) is 25.9. The molecule has 0 saturated carbocycles. The van der Waals surface area contributed by atoms with E-state index < -0.39 is 54.2 Å². The number of benzene rings is 3. The highest BCUT2D eigenvalue weighted by Crippen LogP contribution is 2.33. The third-order valence-electron chi connectivity index (χ3n) is 24.7. The number of nitrogens with zero attached hydrogens (tertiary/aromatic N) is 8. The van der Waals surface area contributed by atoms with E-state index in [0.717, 1.165) is 57.9 Å². The van der Waals surface area contributed by atoms with Crippen molar-refractivity contribution in [2.45, 2.75) is 200 Å². The van der Waals surface area contributed by atoms with E-state index in [4.69, 9.17) is 101 Å². The van der Waals surface area contributed by atoms with E-state index in [9.17, 15) is 43.2 Å². The second-order valence-electron chi connectivity index (χ2n) is 36.3. The van der Waals surface area contributed by atoms with Crippen LogP contribution in [0.3, 0.4) is 0 Å². The van der Waals surface area contributed by atoms with Crippen molar-refractivity contribution in [2.24, 2.45) is 40.6 Å². The molecule has 826 valence electrons. The molecule has 5 rings (SSSR count). The molecule has 1 aliphatic heterocycles. The largest absolute Gasteiger partial charge is 0.453 e. The van der Waals surface area contributed by atoms with Gasteiger partial charge in [0.15, 0.2) is 11.6 Å². The van der Waals surface area contributed by atoms with Crippen LogP contribution in [0.5, 0.6) is 0 Å². The van der Waals surface area contributed by atoms with Gasteiger partial charge in [-0.1, -0.05) is 116 Å². The minimum atomic E-state index is -0.766. The van der Waals surface area contributed by atoms with Crippen LogP contribution in [0.15, 0.2) is 77.9 Å². The molecule has 1 saturated heterocycles. The fourth-order valence-corrected chi connectivity index (χ4v) is 17.6. The summed E-state index contributed by atoms with van der Waals surface area (Å²) in [5.41, 5.74) is 15.9. The monoisotopic (exact) mass is 2100 g/mol. The summed E-state index contributed by atoms with van der Waals surface area (Å²) in [6.45, 7) is 29.4. The number of carbonyl (C=O) groups excluding carboxylic acids is 9. The number of ether oxygens (including phenoxy) is 18. The van der Waals surface area contributed by atoms with Crippen LogP contribution in [0.2, 0.25) is 0 Å². The van der Waals surface area contributed by atoms with Crippen molar-refractivity contribution in [1.29, 1.82) is 0 Å². The number of Topliss-reactive ketones (excluding diaryl/α,β-unsaturated/α-hetero) is 3. The number of rotatable bonds is 87. The number of carbonyl (C=O) groups is 9. The Kier molecular flexibility index (Phi) is 72.9. The molecule has 2 heterocycles. The van der Waals surface area contributed by atoms with E-state index in [2.05, 4.69) is 32.9 Å².